The molecule has 0 radical (unpaired) electrons. The van der Waals surface area contributed by atoms with Gasteiger partial charge in [0.2, 0.25) is 0 Å². The van der Waals surface area contributed by atoms with Crippen LogP contribution in [0.25, 0.3) is 0 Å². The quantitative estimate of drug-likeness (QED) is 0.244. The van der Waals surface area contributed by atoms with Gasteiger partial charge in [0.25, 0.3) is 0 Å². The van der Waals surface area contributed by atoms with Gasteiger partial charge in [-0.2, -0.15) is 0 Å². The third-order valence-electron chi connectivity index (χ3n) is 8.20. The lowest BCUT2D eigenvalue weighted by molar-refractivity contribution is 0.175. The zero-order valence-corrected chi connectivity index (χ0v) is 20.6. The normalized spacial score (nSPS) is 26.6. The average molecular weight is 393 g/mol. The molecule has 0 aromatic rings. The summed E-state index contributed by atoms with van der Waals surface area (Å²) in [6.45, 7) is 19.3. The zero-order valence-electron chi connectivity index (χ0n) is 20.6. The summed E-state index contributed by atoms with van der Waals surface area (Å²) in [4.78, 5) is 4.28. The second kappa shape index (κ2) is 13.0. The molecule has 0 bridgehead atoms. The Labute approximate surface area is 177 Å². The molecule has 0 spiro atoms. The van der Waals surface area contributed by atoms with Gasteiger partial charge >= 0.3 is 0 Å². The van der Waals surface area contributed by atoms with Crippen LogP contribution in [0.5, 0.6) is 0 Å². The van der Waals surface area contributed by atoms with Crippen LogP contribution in [0.15, 0.2) is 4.99 Å². The Kier molecular flexibility index (Phi) is 12.0. The molecular formula is C26H52N2. The molecule has 2 heteroatoms. The monoisotopic (exact) mass is 392 g/mol. The Morgan fingerprint density at radius 2 is 1.82 bits per heavy atom. The lowest BCUT2D eigenvalue weighted by Crippen LogP contribution is -2.29. The summed E-state index contributed by atoms with van der Waals surface area (Å²) in [5.74, 6) is 5.00. The van der Waals surface area contributed by atoms with Crippen molar-refractivity contribution in [3.63, 3.8) is 0 Å². The van der Waals surface area contributed by atoms with E-state index in [9.17, 15) is 0 Å². The van der Waals surface area contributed by atoms with E-state index in [-0.39, 0.29) is 0 Å². The highest BCUT2D eigenvalue weighted by atomic mass is 14.8. The minimum absolute atomic E-state index is 0.326. The number of nitrogens with zero attached hydrogens (tertiary/aromatic N) is 1. The topological polar surface area (TPSA) is 24.4 Å². The molecule has 0 amide bonds. The van der Waals surface area contributed by atoms with Gasteiger partial charge in [0, 0.05) is 13.3 Å². The maximum atomic E-state index is 4.28. The van der Waals surface area contributed by atoms with Gasteiger partial charge in [-0.3, -0.25) is 0 Å². The molecule has 1 rings (SSSR count). The fraction of sp³-hybridized carbons (Fsp3) is 0.962. The Hall–Kier alpha value is -0.370. The van der Waals surface area contributed by atoms with Crippen LogP contribution < -0.4 is 5.32 Å². The minimum Gasteiger partial charge on any atom is -0.317 e. The summed E-state index contributed by atoms with van der Waals surface area (Å²) in [5.41, 5.74) is 0.326. The summed E-state index contributed by atoms with van der Waals surface area (Å²) in [5, 5.41) is 3.79. The van der Waals surface area contributed by atoms with Gasteiger partial charge < -0.3 is 10.3 Å². The first-order valence-electron chi connectivity index (χ1n) is 12.4. The van der Waals surface area contributed by atoms with Crippen LogP contribution in [0.3, 0.4) is 0 Å². The number of rotatable bonds is 14. The van der Waals surface area contributed by atoms with E-state index in [1.165, 1.54) is 64.5 Å². The fourth-order valence-electron chi connectivity index (χ4n) is 5.36. The molecule has 1 aliphatic carbocycles. The molecule has 6 atom stereocenters. The Bertz CT molecular complexity index is 428. The lowest BCUT2D eigenvalue weighted by Gasteiger charge is -2.35. The molecule has 0 saturated heterocycles. The number of unbranched alkanes of at least 4 members (excludes halogenated alkanes) is 1. The van der Waals surface area contributed by atoms with E-state index < -0.39 is 0 Å². The van der Waals surface area contributed by atoms with Crippen LogP contribution in [-0.2, 0) is 0 Å². The second-order valence-electron chi connectivity index (χ2n) is 10.8. The maximum absolute atomic E-state index is 4.28. The highest BCUT2D eigenvalue weighted by molar-refractivity contribution is 5.61. The molecule has 1 N–H and O–H groups in total. The molecule has 2 nitrogen and oxygen atoms in total. The fourth-order valence-corrected chi connectivity index (χ4v) is 5.36. The van der Waals surface area contributed by atoms with Crippen molar-refractivity contribution in [2.75, 3.05) is 20.1 Å². The summed E-state index contributed by atoms with van der Waals surface area (Å²) in [6, 6.07) is 0. The molecule has 0 aromatic heterocycles. The predicted octanol–water partition coefficient (Wildman–Crippen LogP) is 7.23. The van der Waals surface area contributed by atoms with Crippen molar-refractivity contribution >= 4 is 6.21 Å². The molecule has 1 saturated carbocycles. The second-order valence-corrected chi connectivity index (χ2v) is 10.8. The van der Waals surface area contributed by atoms with Crippen molar-refractivity contribution in [1.82, 2.24) is 5.32 Å². The van der Waals surface area contributed by atoms with Gasteiger partial charge in [0.15, 0.2) is 0 Å². The van der Waals surface area contributed by atoms with Gasteiger partial charge in [-0.05, 0) is 79.7 Å². The molecule has 1 fully saturated rings. The van der Waals surface area contributed by atoms with Crippen LogP contribution in [0.1, 0.15) is 99.8 Å². The molecule has 0 aromatic carbocycles. The molecule has 0 aliphatic heterocycles. The van der Waals surface area contributed by atoms with E-state index in [1.54, 1.807) is 0 Å². The highest BCUT2D eigenvalue weighted by Gasteiger charge is 2.30. The maximum Gasteiger partial charge on any atom is 0.0273 e. The van der Waals surface area contributed by atoms with Crippen molar-refractivity contribution in [1.29, 1.82) is 0 Å². The van der Waals surface area contributed by atoms with Crippen molar-refractivity contribution < 1.29 is 0 Å². The van der Waals surface area contributed by atoms with Crippen LogP contribution >= 0.6 is 0 Å². The van der Waals surface area contributed by atoms with Crippen molar-refractivity contribution in [3.05, 3.63) is 0 Å². The van der Waals surface area contributed by atoms with Gasteiger partial charge in [0.05, 0.1) is 0 Å². The van der Waals surface area contributed by atoms with E-state index >= 15 is 0 Å². The highest BCUT2D eigenvalue weighted by Crippen LogP contribution is 2.39. The molecule has 0 heterocycles. The standard InChI is InChI=1S/C26H52N2/c1-9-10-11-24(21(3)18-26(6,7)22(4)19-27-8)14-16-28-17-15-25-13-12-20(2)23(25)5/h19-25,28H,9-18H2,1-8H3. The summed E-state index contributed by atoms with van der Waals surface area (Å²) in [7, 11) is 1.90. The van der Waals surface area contributed by atoms with Crippen LogP contribution in [-0.4, -0.2) is 26.4 Å². The number of hydrogen-bond acceptors (Lipinski definition) is 2. The molecule has 166 valence electrons. The van der Waals surface area contributed by atoms with E-state index in [2.05, 4.69) is 65.0 Å². The van der Waals surface area contributed by atoms with Gasteiger partial charge in [-0.15, -0.1) is 0 Å². The Morgan fingerprint density at radius 3 is 2.39 bits per heavy atom. The molecular weight excluding hydrogens is 340 g/mol. The number of nitrogens with one attached hydrogen (secondary N) is 1. The van der Waals surface area contributed by atoms with Gasteiger partial charge in [-0.25, -0.2) is 0 Å². The predicted molar refractivity (Wildman–Crippen MR) is 127 cm³/mol. The SMILES string of the molecule is CCCCC(CCNCCC1CCC(C)C1C)C(C)CC(C)(C)C(C)C=NC. The first-order chi connectivity index (χ1) is 13.2. The van der Waals surface area contributed by atoms with Gasteiger partial charge in [-0.1, -0.05) is 74.1 Å². The van der Waals surface area contributed by atoms with E-state index in [0.29, 0.717) is 11.3 Å². The van der Waals surface area contributed by atoms with E-state index in [1.807, 2.05) is 7.05 Å². The third kappa shape index (κ3) is 8.56. The summed E-state index contributed by atoms with van der Waals surface area (Å²) >= 11 is 0. The van der Waals surface area contributed by atoms with Crippen LogP contribution in [0.2, 0.25) is 0 Å². The lowest BCUT2D eigenvalue weighted by atomic mass is 9.70. The first kappa shape index (κ1) is 25.7. The minimum atomic E-state index is 0.326. The molecule has 1 aliphatic rings. The van der Waals surface area contributed by atoms with Crippen LogP contribution in [0.4, 0.5) is 0 Å². The largest absolute Gasteiger partial charge is 0.317 e. The molecule has 28 heavy (non-hydrogen) atoms. The van der Waals surface area contributed by atoms with Crippen molar-refractivity contribution in [2.45, 2.75) is 99.8 Å². The summed E-state index contributed by atoms with van der Waals surface area (Å²) in [6.07, 6.45) is 13.1. The number of hydrogen-bond donors (Lipinski definition) is 1. The smallest absolute Gasteiger partial charge is 0.0273 e. The Balaban J connectivity index is 2.42. The first-order valence-corrected chi connectivity index (χ1v) is 12.4. The van der Waals surface area contributed by atoms with E-state index in [0.717, 1.165) is 29.6 Å². The average Bonchev–Trinajstić information content (AvgIpc) is 2.95. The van der Waals surface area contributed by atoms with Gasteiger partial charge in [0.1, 0.15) is 0 Å². The van der Waals surface area contributed by atoms with Crippen molar-refractivity contribution in [3.8, 4) is 0 Å². The zero-order chi connectivity index (χ0) is 21.2. The van der Waals surface area contributed by atoms with Crippen molar-refractivity contribution in [2.24, 2.45) is 45.9 Å². The summed E-state index contributed by atoms with van der Waals surface area (Å²) < 4.78 is 0. The van der Waals surface area contributed by atoms with E-state index in [4.69, 9.17) is 0 Å². The molecule has 6 unspecified atom stereocenters. The number of aliphatic imine (C=N–C) groups is 1. The third-order valence-corrected chi connectivity index (χ3v) is 8.20. The Morgan fingerprint density at radius 1 is 1.11 bits per heavy atom. The van der Waals surface area contributed by atoms with Crippen LogP contribution in [0, 0.1) is 40.9 Å².